The van der Waals surface area contributed by atoms with Crippen molar-refractivity contribution in [1.29, 1.82) is 0 Å². The number of hydrogen-bond acceptors (Lipinski definition) is 7. The fourth-order valence-electron chi connectivity index (χ4n) is 2.15. The number of benzene rings is 1. The number of nitrogen functional groups attached to an aromatic ring is 1. The number of halogens is 2. The molecule has 3 rings (SSSR count). The van der Waals surface area contributed by atoms with Gasteiger partial charge >= 0.3 is 0 Å². The first kappa shape index (κ1) is 17.4. The second-order valence-electron chi connectivity index (χ2n) is 5.25. The lowest BCUT2D eigenvalue weighted by Gasteiger charge is -2.08. The Kier molecular flexibility index (Phi) is 5.03. The Morgan fingerprint density at radius 1 is 1.28 bits per heavy atom. The van der Waals surface area contributed by atoms with Crippen molar-refractivity contribution in [1.82, 2.24) is 19.7 Å². The summed E-state index contributed by atoms with van der Waals surface area (Å²) in [6.45, 7) is -0.00409. The van der Waals surface area contributed by atoms with Gasteiger partial charge in [0.2, 0.25) is 5.89 Å². The van der Waals surface area contributed by atoms with E-state index in [4.69, 9.17) is 33.5 Å². The third-order valence-electron chi connectivity index (χ3n) is 3.46. The molecule has 0 saturated carbocycles. The quantitative estimate of drug-likeness (QED) is 0.691. The van der Waals surface area contributed by atoms with E-state index in [1.165, 1.54) is 10.9 Å². The zero-order chi connectivity index (χ0) is 18.0. The maximum absolute atomic E-state index is 12.0. The van der Waals surface area contributed by atoms with Crippen molar-refractivity contribution in [3.05, 3.63) is 68.3 Å². The molecule has 0 aliphatic heterocycles. The average molecular weight is 382 g/mol. The van der Waals surface area contributed by atoms with Crippen LogP contribution in [0.15, 0.2) is 39.9 Å². The zero-order valence-electron chi connectivity index (χ0n) is 12.8. The van der Waals surface area contributed by atoms with Gasteiger partial charge in [0.25, 0.3) is 5.56 Å². The Morgan fingerprint density at radius 3 is 2.72 bits per heavy atom. The maximum atomic E-state index is 12.0. The van der Waals surface area contributed by atoms with Gasteiger partial charge in [0.05, 0.1) is 6.10 Å². The van der Waals surface area contributed by atoms with E-state index in [2.05, 4.69) is 15.1 Å². The first-order valence-corrected chi connectivity index (χ1v) is 7.95. The van der Waals surface area contributed by atoms with Gasteiger partial charge in [-0.05, 0) is 17.7 Å². The molecular weight excluding hydrogens is 369 g/mol. The van der Waals surface area contributed by atoms with Crippen LogP contribution in [0.5, 0.6) is 0 Å². The number of hydrogen-bond donors (Lipinski definition) is 2. The number of aliphatic hydroxyl groups is 1. The summed E-state index contributed by atoms with van der Waals surface area (Å²) in [5.74, 6) is 0.447. The second-order valence-corrected chi connectivity index (χ2v) is 6.07. The minimum absolute atomic E-state index is 0.00409. The molecule has 25 heavy (non-hydrogen) atoms. The minimum Gasteiger partial charge on any atom is -0.388 e. The molecule has 0 spiro atoms. The molecule has 0 radical (unpaired) electrons. The van der Waals surface area contributed by atoms with Gasteiger partial charge in [0.1, 0.15) is 23.7 Å². The molecule has 2 aromatic heterocycles. The fraction of sp³-hybridized carbons (Fsp3) is 0.200. The van der Waals surface area contributed by atoms with Crippen LogP contribution in [0.1, 0.15) is 23.4 Å². The molecule has 0 fully saturated rings. The predicted octanol–water partition coefficient (Wildman–Crippen LogP) is 1.84. The third kappa shape index (κ3) is 3.98. The SMILES string of the molecule is Nc1ncn(Cc2nc(C[C@H](O)c3ccc(Cl)cc3)no2)c(=O)c1Cl. The summed E-state index contributed by atoms with van der Waals surface area (Å²) in [7, 11) is 0. The summed E-state index contributed by atoms with van der Waals surface area (Å²) in [4.78, 5) is 19.9. The molecule has 0 unspecified atom stereocenters. The van der Waals surface area contributed by atoms with E-state index in [-0.39, 0.29) is 29.7 Å². The Morgan fingerprint density at radius 2 is 2.00 bits per heavy atom. The first-order valence-electron chi connectivity index (χ1n) is 7.19. The number of nitrogens with zero attached hydrogens (tertiary/aromatic N) is 4. The lowest BCUT2D eigenvalue weighted by molar-refractivity contribution is 0.174. The Labute approximate surface area is 151 Å². The van der Waals surface area contributed by atoms with Crippen LogP contribution in [-0.2, 0) is 13.0 Å². The van der Waals surface area contributed by atoms with Crippen molar-refractivity contribution >= 4 is 29.0 Å². The third-order valence-corrected chi connectivity index (χ3v) is 4.06. The highest BCUT2D eigenvalue weighted by Gasteiger charge is 2.15. The van der Waals surface area contributed by atoms with E-state index in [1.807, 2.05) is 0 Å². The summed E-state index contributed by atoms with van der Waals surface area (Å²) in [5.41, 5.74) is 5.64. The van der Waals surface area contributed by atoms with Crippen molar-refractivity contribution in [2.24, 2.45) is 0 Å². The van der Waals surface area contributed by atoms with Gasteiger partial charge in [-0.1, -0.05) is 40.5 Å². The topological polar surface area (TPSA) is 120 Å². The minimum atomic E-state index is -0.807. The first-order chi connectivity index (χ1) is 11.9. The Balaban J connectivity index is 1.71. The normalized spacial score (nSPS) is 12.3. The Bertz CT molecular complexity index is 939. The van der Waals surface area contributed by atoms with E-state index >= 15 is 0 Å². The van der Waals surface area contributed by atoms with Crippen LogP contribution in [0.4, 0.5) is 5.82 Å². The number of anilines is 1. The highest BCUT2D eigenvalue weighted by Crippen LogP contribution is 2.19. The molecule has 2 heterocycles. The van der Waals surface area contributed by atoms with Gasteiger partial charge in [0.15, 0.2) is 5.82 Å². The van der Waals surface area contributed by atoms with Crippen molar-refractivity contribution < 1.29 is 9.63 Å². The van der Waals surface area contributed by atoms with Crippen molar-refractivity contribution in [3.8, 4) is 0 Å². The molecule has 3 N–H and O–H groups in total. The molecule has 3 aromatic rings. The summed E-state index contributed by atoms with van der Waals surface area (Å²) in [6.07, 6.45) is 0.592. The lowest BCUT2D eigenvalue weighted by atomic mass is 10.1. The molecule has 0 bridgehead atoms. The fourth-order valence-corrected chi connectivity index (χ4v) is 2.43. The van der Waals surface area contributed by atoms with Crippen molar-refractivity contribution in [2.75, 3.05) is 5.73 Å². The number of aliphatic hydroxyl groups excluding tert-OH is 1. The van der Waals surface area contributed by atoms with Crippen LogP contribution in [-0.4, -0.2) is 24.8 Å². The smallest absolute Gasteiger partial charge is 0.274 e. The molecule has 0 aliphatic carbocycles. The maximum Gasteiger partial charge on any atom is 0.274 e. The van der Waals surface area contributed by atoms with Crippen molar-refractivity contribution in [2.45, 2.75) is 19.1 Å². The molecular formula is C15H13Cl2N5O3. The summed E-state index contributed by atoms with van der Waals surface area (Å²) >= 11 is 11.6. The second kappa shape index (κ2) is 7.22. The number of aromatic nitrogens is 4. The summed E-state index contributed by atoms with van der Waals surface area (Å²) in [5, 5.41) is 14.4. The predicted molar refractivity (Wildman–Crippen MR) is 91.4 cm³/mol. The van der Waals surface area contributed by atoms with E-state index in [1.54, 1.807) is 24.3 Å². The van der Waals surface area contributed by atoms with Crippen LogP contribution < -0.4 is 11.3 Å². The molecule has 0 saturated heterocycles. The van der Waals surface area contributed by atoms with Crippen molar-refractivity contribution in [3.63, 3.8) is 0 Å². The lowest BCUT2D eigenvalue weighted by Crippen LogP contribution is -2.22. The van der Waals surface area contributed by atoms with Crippen LogP contribution in [0.3, 0.4) is 0 Å². The standard InChI is InChI=1S/C15H13Cl2N5O3/c16-9-3-1-8(2-4-9)10(23)5-11-20-12(25-21-11)6-22-7-19-14(18)13(17)15(22)24/h1-4,7,10,23H,5-6,18H2/t10-/m0/s1. The van der Waals surface area contributed by atoms with E-state index in [9.17, 15) is 9.90 Å². The molecule has 8 nitrogen and oxygen atoms in total. The summed E-state index contributed by atoms with van der Waals surface area (Å²) in [6, 6.07) is 6.81. The van der Waals surface area contributed by atoms with Gasteiger partial charge in [-0.25, -0.2) is 4.98 Å². The van der Waals surface area contributed by atoms with Crippen LogP contribution in [0.25, 0.3) is 0 Å². The molecule has 1 aromatic carbocycles. The largest absolute Gasteiger partial charge is 0.388 e. The molecule has 130 valence electrons. The average Bonchev–Trinajstić information content (AvgIpc) is 3.03. The van der Waals surface area contributed by atoms with Crippen LogP contribution in [0.2, 0.25) is 10.0 Å². The van der Waals surface area contributed by atoms with E-state index < -0.39 is 11.7 Å². The van der Waals surface area contributed by atoms with Gasteiger partial charge < -0.3 is 15.4 Å². The highest BCUT2D eigenvalue weighted by atomic mass is 35.5. The number of nitrogens with two attached hydrogens (primary N) is 1. The van der Waals surface area contributed by atoms with E-state index in [0.29, 0.717) is 16.4 Å². The molecule has 0 amide bonds. The Hall–Kier alpha value is -2.42. The van der Waals surface area contributed by atoms with Crippen LogP contribution in [0, 0.1) is 0 Å². The molecule has 10 heteroatoms. The van der Waals surface area contributed by atoms with Gasteiger partial charge in [-0.15, -0.1) is 0 Å². The monoisotopic (exact) mass is 381 g/mol. The van der Waals surface area contributed by atoms with Crippen LogP contribution >= 0.6 is 23.2 Å². The van der Waals surface area contributed by atoms with Gasteiger partial charge in [0, 0.05) is 11.4 Å². The zero-order valence-corrected chi connectivity index (χ0v) is 14.3. The van der Waals surface area contributed by atoms with Gasteiger partial charge in [-0.2, -0.15) is 4.98 Å². The summed E-state index contributed by atoms with van der Waals surface area (Å²) < 4.78 is 6.29. The highest BCUT2D eigenvalue weighted by molar-refractivity contribution is 6.32. The number of rotatable bonds is 5. The molecule has 0 aliphatic rings. The van der Waals surface area contributed by atoms with Gasteiger partial charge in [-0.3, -0.25) is 9.36 Å². The molecule has 1 atom stereocenters. The van der Waals surface area contributed by atoms with E-state index in [0.717, 1.165) is 0 Å².